The smallest absolute Gasteiger partial charge is 0.323 e. The maximum absolute atomic E-state index is 12.5. The highest BCUT2D eigenvalue weighted by Crippen LogP contribution is 2.25. The highest BCUT2D eigenvalue weighted by Gasteiger charge is 2.34. The van der Waals surface area contributed by atoms with Gasteiger partial charge in [0.1, 0.15) is 0 Å². The standard InChI is InChI=1S/C22H23N5O3/c28-20-15-5-1-2-6-16(15)21(29)27(20)10-4-9-25-11-13-26(14-12-25)18-8-3-7-17-19(18)24-22(30)23-17/h1-3,5-8H,4,9-14H2,(H2,23,24,30). The lowest BCUT2D eigenvalue weighted by Gasteiger charge is -2.36. The van der Waals surface area contributed by atoms with Crippen LogP contribution in [0, 0.1) is 0 Å². The molecule has 0 unspecified atom stereocenters. The van der Waals surface area contributed by atoms with Crippen LogP contribution in [-0.2, 0) is 0 Å². The Labute approximate surface area is 173 Å². The molecule has 5 rings (SSSR count). The molecule has 8 nitrogen and oxygen atoms in total. The third kappa shape index (κ3) is 3.19. The van der Waals surface area contributed by atoms with Gasteiger partial charge in [-0.25, -0.2) is 4.79 Å². The number of nitrogens with zero attached hydrogens (tertiary/aromatic N) is 3. The molecular formula is C22H23N5O3. The molecule has 1 aromatic heterocycles. The van der Waals surface area contributed by atoms with Gasteiger partial charge in [-0.2, -0.15) is 0 Å². The molecular weight excluding hydrogens is 382 g/mol. The van der Waals surface area contributed by atoms with Crippen LogP contribution < -0.4 is 10.6 Å². The van der Waals surface area contributed by atoms with E-state index in [4.69, 9.17) is 0 Å². The third-order valence-corrected chi connectivity index (χ3v) is 5.98. The highest BCUT2D eigenvalue weighted by atomic mass is 16.2. The molecule has 0 spiro atoms. The minimum Gasteiger partial charge on any atom is -0.367 e. The van der Waals surface area contributed by atoms with E-state index in [2.05, 4.69) is 19.8 Å². The van der Waals surface area contributed by atoms with E-state index in [-0.39, 0.29) is 17.5 Å². The van der Waals surface area contributed by atoms with Crippen LogP contribution in [0.15, 0.2) is 47.3 Å². The summed E-state index contributed by atoms with van der Waals surface area (Å²) < 4.78 is 0. The van der Waals surface area contributed by atoms with Crippen molar-refractivity contribution >= 4 is 28.5 Å². The van der Waals surface area contributed by atoms with Crippen LogP contribution in [0.1, 0.15) is 27.1 Å². The van der Waals surface area contributed by atoms with E-state index < -0.39 is 0 Å². The summed E-state index contributed by atoms with van der Waals surface area (Å²) in [7, 11) is 0. The van der Waals surface area contributed by atoms with E-state index in [9.17, 15) is 14.4 Å². The number of amides is 2. The fourth-order valence-corrected chi connectivity index (χ4v) is 4.41. The van der Waals surface area contributed by atoms with Crippen LogP contribution in [-0.4, -0.2) is 70.9 Å². The summed E-state index contributed by atoms with van der Waals surface area (Å²) >= 11 is 0. The summed E-state index contributed by atoms with van der Waals surface area (Å²) in [5.41, 5.74) is 3.53. The average Bonchev–Trinajstić information content (AvgIpc) is 3.26. The van der Waals surface area contributed by atoms with Gasteiger partial charge in [0.05, 0.1) is 27.8 Å². The van der Waals surface area contributed by atoms with Crippen LogP contribution in [0.5, 0.6) is 0 Å². The van der Waals surface area contributed by atoms with Crippen molar-refractivity contribution in [3.8, 4) is 0 Å². The number of piperazine rings is 1. The zero-order valence-electron chi connectivity index (χ0n) is 16.6. The van der Waals surface area contributed by atoms with Crippen molar-refractivity contribution in [1.29, 1.82) is 0 Å². The molecule has 30 heavy (non-hydrogen) atoms. The lowest BCUT2D eigenvalue weighted by Crippen LogP contribution is -2.47. The lowest BCUT2D eigenvalue weighted by atomic mass is 10.1. The van der Waals surface area contributed by atoms with Crippen molar-refractivity contribution < 1.29 is 9.59 Å². The Morgan fingerprint density at radius 3 is 2.17 bits per heavy atom. The predicted octanol–water partition coefficient (Wildman–Crippen LogP) is 1.66. The number of imide groups is 1. The normalized spacial score (nSPS) is 17.2. The minimum absolute atomic E-state index is 0.186. The summed E-state index contributed by atoms with van der Waals surface area (Å²) in [5.74, 6) is -0.372. The van der Waals surface area contributed by atoms with E-state index in [1.165, 1.54) is 4.90 Å². The Kier molecular flexibility index (Phi) is 4.63. The summed E-state index contributed by atoms with van der Waals surface area (Å²) in [5, 5.41) is 0. The fraction of sp³-hybridized carbons (Fsp3) is 0.318. The van der Waals surface area contributed by atoms with Crippen LogP contribution >= 0.6 is 0 Å². The Morgan fingerprint density at radius 1 is 0.767 bits per heavy atom. The molecule has 2 aromatic carbocycles. The molecule has 3 heterocycles. The molecule has 1 fully saturated rings. The van der Waals surface area contributed by atoms with Crippen molar-refractivity contribution in [1.82, 2.24) is 19.8 Å². The minimum atomic E-state index is -0.191. The van der Waals surface area contributed by atoms with Gasteiger partial charge in [0.15, 0.2) is 0 Å². The molecule has 2 aliphatic heterocycles. The van der Waals surface area contributed by atoms with Crippen LogP contribution in [0.2, 0.25) is 0 Å². The molecule has 2 aliphatic rings. The number of nitrogens with one attached hydrogen (secondary N) is 2. The third-order valence-electron chi connectivity index (χ3n) is 5.98. The number of imidazole rings is 1. The molecule has 3 aromatic rings. The first-order valence-electron chi connectivity index (χ1n) is 10.3. The van der Waals surface area contributed by atoms with Crippen molar-refractivity contribution in [2.45, 2.75) is 6.42 Å². The molecule has 8 heteroatoms. The second-order valence-electron chi connectivity index (χ2n) is 7.77. The quantitative estimate of drug-likeness (QED) is 0.630. The number of hydrogen-bond acceptors (Lipinski definition) is 5. The van der Waals surface area contributed by atoms with E-state index >= 15 is 0 Å². The van der Waals surface area contributed by atoms with Crippen molar-refractivity contribution in [3.63, 3.8) is 0 Å². The molecule has 1 saturated heterocycles. The number of H-pyrrole nitrogens is 2. The zero-order valence-corrected chi connectivity index (χ0v) is 16.6. The molecule has 0 aliphatic carbocycles. The Balaban J connectivity index is 1.15. The molecule has 0 bridgehead atoms. The number of hydrogen-bond donors (Lipinski definition) is 2. The first kappa shape index (κ1) is 18.6. The topological polar surface area (TPSA) is 92.5 Å². The van der Waals surface area contributed by atoms with E-state index in [1.54, 1.807) is 24.3 Å². The van der Waals surface area contributed by atoms with E-state index in [0.717, 1.165) is 55.9 Å². The Morgan fingerprint density at radius 2 is 1.47 bits per heavy atom. The number of para-hydroxylation sites is 1. The van der Waals surface area contributed by atoms with Crippen molar-refractivity contribution in [2.24, 2.45) is 0 Å². The van der Waals surface area contributed by atoms with Gasteiger partial charge in [-0.1, -0.05) is 18.2 Å². The second kappa shape index (κ2) is 7.46. The molecule has 0 atom stereocenters. The van der Waals surface area contributed by atoms with E-state index in [1.807, 2.05) is 18.2 Å². The number of anilines is 1. The Hall–Kier alpha value is -3.39. The number of benzene rings is 2. The Bertz CT molecular complexity index is 1140. The van der Waals surface area contributed by atoms with Gasteiger partial charge in [0, 0.05) is 32.7 Å². The van der Waals surface area contributed by atoms with Gasteiger partial charge in [-0.3, -0.25) is 19.4 Å². The fourth-order valence-electron chi connectivity index (χ4n) is 4.41. The van der Waals surface area contributed by atoms with Gasteiger partial charge in [0.2, 0.25) is 0 Å². The van der Waals surface area contributed by atoms with Gasteiger partial charge in [-0.05, 0) is 37.2 Å². The summed E-state index contributed by atoms with van der Waals surface area (Å²) in [4.78, 5) is 48.2. The van der Waals surface area contributed by atoms with Gasteiger partial charge >= 0.3 is 5.69 Å². The van der Waals surface area contributed by atoms with Gasteiger partial charge in [0.25, 0.3) is 11.8 Å². The van der Waals surface area contributed by atoms with Crippen molar-refractivity contribution in [2.75, 3.05) is 44.2 Å². The van der Waals surface area contributed by atoms with Crippen LogP contribution in [0.25, 0.3) is 11.0 Å². The SMILES string of the molecule is O=C1c2ccccc2C(=O)N1CCCN1CCN(c2cccc3[nH]c(=O)[nH]c23)CC1. The van der Waals surface area contributed by atoms with Gasteiger partial charge < -0.3 is 14.9 Å². The predicted molar refractivity (Wildman–Crippen MR) is 114 cm³/mol. The maximum atomic E-state index is 12.5. The molecule has 0 radical (unpaired) electrons. The highest BCUT2D eigenvalue weighted by molar-refractivity contribution is 6.21. The summed E-state index contributed by atoms with van der Waals surface area (Å²) in [6, 6.07) is 12.9. The molecule has 154 valence electrons. The summed E-state index contributed by atoms with van der Waals surface area (Å²) in [6.45, 7) is 4.79. The number of rotatable bonds is 5. The number of carbonyl (C=O) groups excluding carboxylic acids is 2. The number of aromatic nitrogens is 2. The number of aromatic amines is 2. The van der Waals surface area contributed by atoms with Crippen molar-refractivity contribution in [3.05, 3.63) is 64.1 Å². The molecule has 2 amide bonds. The lowest BCUT2D eigenvalue weighted by molar-refractivity contribution is 0.0647. The molecule has 0 saturated carbocycles. The van der Waals surface area contributed by atoms with Crippen LogP contribution in [0.3, 0.4) is 0 Å². The summed E-state index contributed by atoms with van der Waals surface area (Å²) in [6.07, 6.45) is 0.756. The first-order chi connectivity index (χ1) is 14.6. The van der Waals surface area contributed by atoms with Gasteiger partial charge in [-0.15, -0.1) is 0 Å². The van der Waals surface area contributed by atoms with E-state index in [0.29, 0.717) is 17.7 Å². The van der Waals surface area contributed by atoms with Crippen LogP contribution in [0.4, 0.5) is 5.69 Å². The monoisotopic (exact) mass is 405 g/mol. The maximum Gasteiger partial charge on any atom is 0.323 e. The number of carbonyl (C=O) groups is 2. The number of fused-ring (bicyclic) bond motifs is 2. The molecule has 2 N–H and O–H groups in total. The zero-order chi connectivity index (χ0) is 20.7. The average molecular weight is 405 g/mol. The largest absolute Gasteiger partial charge is 0.367 e. The second-order valence-corrected chi connectivity index (χ2v) is 7.77. The first-order valence-corrected chi connectivity index (χ1v) is 10.3.